The summed E-state index contributed by atoms with van der Waals surface area (Å²) in [4.78, 5) is 2.15. The van der Waals surface area contributed by atoms with Gasteiger partial charge in [0.1, 0.15) is 0 Å². The lowest BCUT2D eigenvalue weighted by molar-refractivity contribution is 0.433. The molecular formula is C18H23N. The van der Waals surface area contributed by atoms with E-state index >= 15 is 0 Å². The molecule has 2 aromatic rings. The molecule has 0 amide bonds. The van der Waals surface area contributed by atoms with Crippen molar-refractivity contribution >= 4 is 10.8 Å². The van der Waals surface area contributed by atoms with Crippen molar-refractivity contribution < 1.29 is 0 Å². The Bertz CT molecular complexity index is 530. The van der Waals surface area contributed by atoms with Gasteiger partial charge in [0.05, 0.1) is 0 Å². The van der Waals surface area contributed by atoms with Crippen LogP contribution >= 0.6 is 0 Å². The third kappa shape index (κ3) is 4.13. The van der Waals surface area contributed by atoms with E-state index in [0.717, 1.165) is 6.54 Å². The second kappa shape index (κ2) is 6.98. The van der Waals surface area contributed by atoms with Crippen LogP contribution < -0.4 is 0 Å². The molecule has 0 fully saturated rings. The van der Waals surface area contributed by atoms with Gasteiger partial charge >= 0.3 is 0 Å². The molecule has 0 heterocycles. The van der Waals surface area contributed by atoms with Gasteiger partial charge in [-0.15, -0.1) is 0 Å². The average Bonchev–Trinajstić information content (AvgIpc) is 2.46. The highest BCUT2D eigenvalue weighted by atomic mass is 15.1. The second-order valence-corrected chi connectivity index (χ2v) is 5.16. The Kier molecular flexibility index (Phi) is 5.02. The molecule has 0 bridgehead atoms. The molecule has 0 saturated carbocycles. The maximum Gasteiger partial charge on any atom is 0.0169 e. The van der Waals surface area contributed by atoms with Crippen molar-refractivity contribution in [2.24, 2.45) is 0 Å². The molecule has 2 rings (SSSR count). The number of aryl methyl sites for hydroxylation is 1. The molecule has 0 spiro atoms. The molecule has 0 aromatic heterocycles. The van der Waals surface area contributed by atoms with Gasteiger partial charge in [-0.2, -0.15) is 0 Å². The van der Waals surface area contributed by atoms with E-state index in [-0.39, 0.29) is 0 Å². The summed E-state index contributed by atoms with van der Waals surface area (Å²) in [6.07, 6.45) is 6.87. The Morgan fingerprint density at radius 3 is 2.58 bits per heavy atom. The molecule has 0 aliphatic carbocycles. The van der Waals surface area contributed by atoms with Gasteiger partial charge in [-0.3, -0.25) is 0 Å². The van der Waals surface area contributed by atoms with E-state index in [0.29, 0.717) is 0 Å². The van der Waals surface area contributed by atoms with Crippen LogP contribution in [0, 0.1) is 0 Å². The number of benzene rings is 2. The first-order valence-corrected chi connectivity index (χ1v) is 7.10. The van der Waals surface area contributed by atoms with Gasteiger partial charge in [-0.25, -0.2) is 0 Å². The van der Waals surface area contributed by atoms with E-state index in [2.05, 4.69) is 61.0 Å². The van der Waals surface area contributed by atoms with E-state index in [1.54, 1.807) is 0 Å². The topological polar surface area (TPSA) is 3.24 Å². The summed E-state index contributed by atoms with van der Waals surface area (Å²) in [5.74, 6) is 0. The highest BCUT2D eigenvalue weighted by molar-refractivity contribution is 5.82. The zero-order valence-electron chi connectivity index (χ0n) is 11.8. The minimum atomic E-state index is 1.11. The molecule has 0 aliphatic rings. The second-order valence-electron chi connectivity index (χ2n) is 5.16. The molecule has 0 atom stereocenters. The number of fused-ring (bicyclic) bond motifs is 1. The van der Waals surface area contributed by atoms with E-state index in [1.807, 2.05) is 6.20 Å². The first-order valence-electron chi connectivity index (χ1n) is 7.10. The highest BCUT2D eigenvalue weighted by Gasteiger charge is 1.97. The summed E-state index contributed by atoms with van der Waals surface area (Å²) in [6, 6.07) is 15.4. The van der Waals surface area contributed by atoms with Gasteiger partial charge in [-0.05, 0) is 41.8 Å². The Balaban J connectivity index is 1.80. The fraction of sp³-hybridized carbons (Fsp3) is 0.333. The standard InChI is InChI=1S/C18H23N/c1-3-19(2)14-8-4-5-9-16-12-13-17-10-6-7-11-18(17)15-16/h3,6-7,10-13,15H,1,4-5,8-9,14H2,2H3. The average molecular weight is 253 g/mol. The smallest absolute Gasteiger partial charge is 0.0169 e. The fourth-order valence-corrected chi connectivity index (χ4v) is 2.35. The first kappa shape index (κ1) is 13.7. The number of hydrogen-bond donors (Lipinski definition) is 0. The Morgan fingerprint density at radius 1 is 1.00 bits per heavy atom. The lowest BCUT2D eigenvalue weighted by atomic mass is 10.0. The predicted molar refractivity (Wildman–Crippen MR) is 84.3 cm³/mol. The van der Waals surface area contributed by atoms with Crippen molar-refractivity contribution in [3.05, 3.63) is 60.8 Å². The van der Waals surface area contributed by atoms with E-state index < -0.39 is 0 Å². The quantitative estimate of drug-likeness (QED) is 0.650. The van der Waals surface area contributed by atoms with Crippen molar-refractivity contribution in [3.8, 4) is 0 Å². The van der Waals surface area contributed by atoms with Crippen molar-refractivity contribution in [1.82, 2.24) is 4.90 Å². The van der Waals surface area contributed by atoms with Crippen molar-refractivity contribution in [2.45, 2.75) is 25.7 Å². The zero-order valence-corrected chi connectivity index (χ0v) is 11.8. The summed E-state index contributed by atoms with van der Waals surface area (Å²) in [7, 11) is 2.08. The summed E-state index contributed by atoms with van der Waals surface area (Å²) in [5.41, 5.74) is 1.45. The molecule has 19 heavy (non-hydrogen) atoms. The minimum Gasteiger partial charge on any atom is -0.381 e. The van der Waals surface area contributed by atoms with Gasteiger partial charge in [0.2, 0.25) is 0 Å². The van der Waals surface area contributed by atoms with Crippen LogP contribution in [-0.4, -0.2) is 18.5 Å². The van der Waals surface area contributed by atoms with Crippen LogP contribution in [0.15, 0.2) is 55.2 Å². The van der Waals surface area contributed by atoms with Gasteiger partial charge in [0, 0.05) is 13.6 Å². The van der Waals surface area contributed by atoms with Crippen LogP contribution in [0.3, 0.4) is 0 Å². The normalized spacial score (nSPS) is 10.6. The highest BCUT2D eigenvalue weighted by Crippen LogP contribution is 2.17. The third-order valence-corrected chi connectivity index (χ3v) is 3.60. The van der Waals surface area contributed by atoms with Crippen LogP contribution in [0.5, 0.6) is 0 Å². The van der Waals surface area contributed by atoms with Crippen LogP contribution in [0.4, 0.5) is 0 Å². The van der Waals surface area contributed by atoms with E-state index in [1.165, 1.54) is 42.0 Å². The van der Waals surface area contributed by atoms with E-state index in [9.17, 15) is 0 Å². The van der Waals surface area contributed by atoms with Crippen LogP contribution in [0.2, 0.25) is 0 Å². The molecule has 0 radical (unpaired) electrons. The Labute approximate surface area is 116 Å². The van der Waals surface area contributed by atoms with Gasteiger partial charge in [0.15, 0.2) is 0 Å². The Morgan fingerprint density at radius 2 is 1.79 bits per heavy atom. The van der Waals surface area contributed by atoms with Gasteiger partial charge < -0.3 is 4.90 Å². The summed E-state index contributed by atoms with van der Waals surface area (Å²) >= 11 is 0. The molecule has 1 heteroatoms. The summed E-state index contributed by atoms with van der Waals surface area (Å²) in [5, 5.41) is 2.69. The third-order valence-electron chi connectivity index (χ3n) is 3.60. The summed E-state index contributed by atoms with van der Waals surface area (Å²) in [6.45, 7) is 4.87. The number of nitrogens with zero attached hydrogens (tertiary/aromatic N) is 1. The van der Waals surface area contributed by atoms with Crippen LogP contribution in [0.1, 0.15) is 24.8 Å². The molecule has 0 saturated heterocycles. The number of rotatable bonds is 7. The van der Waals surface area contributed by atoms with Gasteiger partial charge in [0.25, 0.3) is 0 Å². The van der Waals surface area contributed by atoms with Crippen LogP contribution in [0.25, 0.3) is 10.8 Å². The minimum absolute atomic E-state index is 1.11. The summed E-state index contributed by atoms with van der Waals surface area (Å²) < 4.78 is 0. The molecule has 0 aliphatic heterocycles. The predicted octanol–water partition coefficient (Wildman–Crippen LogP) is 4.63. The maximum absolute atomic E-state index is 3.76. The molecule has 1 nitrogen and oxygen atoms in total. The molecule has 100 valence electrons. The monoisotopic (exact) mass is 253 g/mol. The molecule has 0 unspecified atom stereocenters. The molecule has 2 aromatic carbocycles. The zero-order chi connectivity index (χ0) is 13.5. The van der Waals surface area contributed by atoms with Crippen LogP contribution in [-0.2, 0) is 6.42 Å². The molecular weight excluding hydrogens is 230 g/mol. The Hall–Kier alpha value is -1.76. The number of hydrogen-bond acceptors (Lipinski definition) is 1. The first-order chi connectivity index (χ1) is 9.29. The van der Waals surface area contributed by atoms with Gasteiger partial charge in [-0.1, -0.05) is 55.5 Å². The fourth-order valence-electron chi connectivity index (χ4n) is 2.35. The van der Waals surface area contributed by atoms with E-state index in [4.69, 9.17) is 0 Å². The van der Waals surface area contributed by atoms with Crippen molar-refractivity contribution in [1.29, 1.82) is 0 Å². The number of unbranched alkanes of at least 4 members (excludes halogenated alkanes) is 2. The maximum atomic E-state index is 3.76. The lowest BCUT2D eigenvalue weighted by Crippen LogP contribution is -2.11. The van der Waals surface area contributed by atoms with Crippen molar-refractivity contribution in [2.75, 3.05) is 13.6 Å². The largest absolute Gasteiger partial charge is 0.381 e. The lowest BCUT2D eigenvalue weighted by Gasteiger charge is -2.12. The molecule has 0 N–H and O–H groups in total. The van der Waals surface area contributed by atoms with Crippen molar-refractivity contribution in [3.63, 3.8) is 0 Å². The SMILES string of the molecule is C=CN(C)CCCCCc1ccc2ccccc2c1.